The SMILES string of the molecule is CCCN(CCC)C(=O)c1ccc(CNc2cnn(CCC)c(=O)c2Cl)cc1. The Balaban J connectivity index is 2.04. The van der Waals surface area contributed by atoms with Crippen molar-refractivity contribution in [2.24, 2.45) is 0 Å². The lowest BCUT2D eigenvalue weighted by Gasteiger charge is -2.21. The highest BCUT2D eigenvalue weighted by Gasteiger charge is 2.14. The molecule has 0 aliphatic carbocycles. The van der Waals surface area contributed by atoms with Gasteiger partial charge in [-0.05, 0) is 37.0 Å². The summed E-state index contributed by atoms with van der Waals surface area (Å²) >= 11 is 6.18. The minimum atomic E-state index is -0.290. The number of anilines is 1. The first-order chi connectivity index (χ1) is 13.5. The Kier molecular flexibility index (Phi) is 8.51. The van der Waals surface area contributed by atoms with E-state index in [9.17, 15) is 9.59 Å². The topological polar surface area (TPSA) is 67.2 Å². The fourth-order valence-electron chi connectivity index (χ4n) is 2.96. The quantitative estimate of drug-likeness (QED) is 0.645. The van der Waals surface area contributed by atoms with Gasteiger partial charge in [-0.2, -0.15) is 5.10 Å². The minimum absolute atomic E-state index is 0.0648. The average Bonchev–Trinajstić information content (AvgIpc) is 2.71. The second kappa shape index (κ2) is 10.9. The van der Waals surface area contributed by atoms with E-state index in [-0.39, 0.29) is 16.5 Å². The molecule has 0 bridgehead atoms. The molecule has 1 aromatic heterocycles. The van der Waals surface area contributed by atoms with E-state index in [4.69, 9.17) is 11.6 Å². The third kappa shape index (κ3) is 5.58. The summed E-state index contributed by atoms with van der Waals surface area (Å²) in [6, 6.07) is 7.51. The van der Waals surface area contributed by atoms with Gasteiger partial charge < -0.3 is 10.2 Å². The fourth-order valence-corrected chi connectivity index (χ4v) is 3.17. The Morgan fingerprint density at radius 1 is 1.11 bits per heavy atom. The molecule has 1 heterocycles. The summed E-state index contributed by atoms with van der Waals surface area (Å²) in [6.07, 6.45) is 4.28. The Labute approximate surface area is 171 Å². The molecule has 0 fully saturated rings. The normalized spacial score (nSPS) is 10.7. The zero-order valence-electron chi connectivity index (χ0n) is 16.9. The standard InChI is InChI=1S/C21H29ClN4O2/c1-4-11-25(12-5-2)20(27)17-9-7-16(8-10-17)14-23-18-15-24-26(13-6-3)21(28)19(18)22/h7-10,15,23H,4-6,11-14H2,1-3H3. The Hall–Kier alpha value is -2.34. The molecule has 28 heavy (non-hydrogen) atoms. The van der Waals surface area contributed by atoms with Crippen LogP contribution < -0.4 is 10.9 Å². The largest absolute Gasteiger partial charge is 0.378 e. The molecule has 1 N–H and O–H groups in total. The van der Waals surface area contributed by atoms with E-state index in [1.165, 1.54) is 4.68 Å². The molecule has 6 nitrogen and oxygen atoms in total. The third-order valence-corrected chi connectivity index (χ3v) is 4.74. The van der Waals surface area contributed by atoms with Crippen LogP contribution in [0.3, 0.4) is 0 Å². The smallest absolute Gasteiger partial charge is 0.287 e. The van der Waals surface area contributed by atoms with Gasteiger partial charge in [0.25, 0.3) is 11.5 Å². The number of hydrogen-bond acceptors (Lipinski definition) is 4. The molecule has 1 aromatic carbocycles. The zero-order chi connectivity index (χ0) is 20.5. The number of aromatic nitrogens is 2. The number of hydrogen-bond donors (Lipinski definition) is 1. The monoisotopic (exact) mass is 404 g/mol. The fraction of sp³-hybridized carbons (Fsp3) is 0.476. The number of nitrogens with one attached hydrogen (secondary N) is 1. The van der Waals surface area contributed by atoms with Crippen molar-refractivity contribution in [3.8, 4) is 0 Å². The lowest BCUT2D eigenvalue weighted by molar-refractivity contribution is 0.0755. The van der Waals surface area contributed by atoms with Crippen molar-refractivity contribution in [1.29, 1.82) is 0 Å². The molecule has 1 amide bonds. The minimum Gasteiger partial charge on any atom is -0.378 e. The van der Waals surface area contributed by atoms with Crippen LogP contribution in [0.4, 0.5) is 5.69 Å². The van der Waals surface area contributed by atoms with E-state index in [2.05, 4.69) is 24.3 Å². The maximum absolute atomic E-state index is 12.6. The maximum Gasteiger partial charge on any atom is 0.287 e. The van der Waals surface area contributed by atoms with Crippen LogP contribution in [0.25, 0.3) is 0 Å². The number of nitrogens with zero attached hydrogens (tertiary/aromatic N) is 3. The Bertz CT molecular complexity index is 827. The predicted octanol–water partition coefficient (Wildman–Crippen LogP) is 4.18. The first kappa shape index (κ1) is 22.0. The van der Waals surface area contributed by atoms with Crippen LogP contribution in [0.15, 0.2) is 35.3 Å². The highest BCUT2D eigenvalue weighted by molar-refractivity contribution is 6.32. The average molecular weight is 405 g/mol. The summed E-state index contributed by atoms with van der Waals surface area (Å²) in [6.45, 7) is 8.70. The number of rotatable bonds is 10. The van der Waals surface area contributed by atoms with Crippen molar-refractivity contribution in [3.05, 3.63) is 57.0 Å². The molecule has 2 rings (SSSR count). The third-order valence-electron chi connectivity index (χ3n) is 4.38. The second-order valence-electron chi connectivity index (χ2n) is 6.74. The van der Waals surface area contributed by atoms with Gasteiger partial charge in [-0.3, -0.25) is 9.59 Å². The summed E-state index contributed by atoms with van der Waals surface area (Å²) in [4.78, 5) is 26.7. The van der Waals surface area contributed by atoms with Gasteiger partial charge >= 0.3 is 0 Å². The number of halogens is 1. The molecule has 2 aromatic rings. The number of aryl methyl sites for hydroxylation is 1. The maximum atomic E-state index is 12.6. The van der Waals surface area contributed by atoms with Crippen molar-refractivity contribution in [3.63, 3.8) is 0 Å². The van der Waals surface area contributed by atoms with E-state index >= 15 is 0 Å². The summed E-state index contributed by atoms with van der Waals surface area (Å²) in [5.74, 6) is 0.0648. The van der Waals surface area contributed by atoms with Crippen molar-refractivity contribution >= 4 is 23.2 Å². The van der Waals surface area contributed by atoms with Gasteiger partial charge in [0, 0.05) is 31.7 Å². The van der Waals surface area contributed by atoms with Gasteiger partial charge in [-0.25, -0.2) is 4.68 Å². The molecule has 0 spiro atoms. The lowest BCUT2D eigenvalue weighted by atomic mass is 10.1. The second-order valence-corrected chi connectivity index (χ2v) is 7.12. The molecular formula is C21H29ClN4O2. The molecular weight excluding hydrogens is 376 g/mol. The van der Waals surface area contributed by atoms with Gasteiger partial charge in [-0.1, -0.05) is 44.5 Å². The van der Waals surface area contributed by atoms with Gasteiger partial charge in [0.15, 0.2) is 0 Å². The van der Waals surface area contributed by atoms with Crippen molar-refractivity contribution < 1.29 is 4.79 Å². The van der Waals surface area contributed by atoms with E-state index in [0.717, 1.165) is 37.9 Å². The van der Waals surface area contributed by atoms with E-state index < -0.39 is 0 Å². The van der Waals surface area contributed by atoms with Crippen molar-refractivity contribution in [2.75, 3.05) is 18.4 Å². The van der Waals surface area contributed by atoms with E-state index in [1.54, 1.807) is 6.20 Å². The van der Waals surface area contributed by atoms with Crippen LogP contribution in [-0.2, 0) is 13.1 Å². The van der Waals surface area contributed by atoms with Gasteiger partial charge in [-0.15, -0.1) is 0 Å². The van der Waals surface area contributed by atoms with Crippen LogP contribution in [0.2, 0.25) is 5.02 Å². The summed E-state index contributed by atoms with van der Waals surface area (Å²) < 4.78 is 1.37. The molecule has 0 aliphatic heterocycles. The lowest BCUT2D eigenvalue weighted by Crippen LogP contribution is -2.32. The Morgan fingerprint density at radius 2 is 1.75 bits per heavy atom. The summed E-state index contributed by atoms with van der Waals surface area (Å²) in [7, 11) is 0. The molecule has 0 saturated carbocycles. The molecule has 0 atom stereocenters. The highest BCUT2D eigenvalue weighted by atomic mass is 35.5. The summed E-state index contributed by atoms with van der Waals surface area (Å²) in [5, 5.41) is 7.43. The zero-order valence-corrected chi connectivity index (χ0v) is 17.6. The van der Waals surface area contributed by atoms with Crippen LogP contribution in [-0.4, -0.2) is 33.7 Å². The molecule has 0 aliphatic rings. The predicted molar refractivity (Wildman–Crippen MR) is 114 cm³/mol. The highest BCUT2D eigenvalue weighted by Crippen LogP contribution is 2.17. The van der Waals surface area contributed by atoms with E-state index in [1.807, 2.05) is 36.1 Å². The van der Waals surface area contributed by atoms with Crippen molar-refractivity contribution in [2.45, 2.75) is 53.1 Å². The van der Waals surface area contributed by atoms with Crippen molar-refractivity contribution in [1.82, 2.24) is 14.7 Å². The first-order valence-corrected chi connectivity index (χ1v) is 10.3. The van der Waals surface area contributed by atoms with Crippen LogP contribution in [0.5, 0.6) is 0 Å². The molecule has 152 valence electrons. The molecule has 7 heteroatoms. The first-order valence-electron chi connectivity index (χ1n) is 9.89. The molecule has 0 unspecified atom stereocenters. The molecule has 0 saturated heterocycles. The van der Waals surface area contributed by atoms with Crippen LogP contribution >= 0.6 is 11.6 Å². The number of carbonyl (C=O) groups excluding carboxylic acids is 1. The van der Waals surface area contributed by atoms with E-state index in [0.29, 0.717) is 24.3 Å². The van der Waals surface area contributed by atoms with Gasteiger partial charge in [0.05, 0.1) is 11.9 Å². The number of amides is 1. The van der Waals surface area contributed by atoms with Gasteiger partial charge in [0.2, 0.25) is 0 Å². The number of carbonyl (C=O) groups is 1. The number of benzene rings is 1. The van der Waals surface area contributed by atoms with Crippen LogP contribution in [0.1, 0.15) is 56.0 Å². The van der Waals surface area contributed by atoms with Gasteiger partial charge in [0.1, 0.15) is 5.02 Å². The molecule has 0 radical (unpaired) electrons. The Morgan fingerprint density at radius 3 is 2.32 bits per heavy atom. The van der Waals surface area contributed by atoms with Crippen LogP contribution in [0, 0.1) is 0 Å². The summed E-state index contributed by atoms with van der Waals surface area (Å²) in [5.41, 5.74) is 1.90.